The van der Waals surface area contributed by atoms with Gasteiger partial charge in [-0.2, -0.15) is 0 Å². The predicted octanol–water partition coefficient (Wildman–Crippen LogP) is 1.73. The SMILES string of the molecule is CCNC(=NCc1ccnc(N(C)C)c1)N1CCC2(CCOC2)C1. The van der Waals surface area contributed by atoms with Crippen molar-refractivity contribution < 1.29 is 4.74 Å². The Kier molecular flexibility index (Phi) is 5.23. The quantitative estimate of drug-likeness (QED) is 0.673. The zero-order chi connectivity index (χ0) is 17.0. The van der Waals surface area contributed by atoms with Crippen LogP contribution in [0.25, 0.3) is 0 Å². The van der Waals surface area contributed by atoms with Crippen molar-refractivity contribution >= 4 is 11.8 Å². The number of aliphatic imine (C=N–C) groups is 1. The number of pyridine rings is 1. The summed E-state index contributed by atoms with van der Waals surface area (Å²) >= 11 is 0. The Hall–Kier alpha value is -1.82. The van der Waals surface area contributed by atoms with Crippen LogP contribution in [0.4, 0.5) is 5.82 Å². The van der Waals surface area contributed by atoms with Gasteiger partial charge in [0.05, 0.1) is 13.2 Å². The molecule has 6 nitrogen and oxygen atoms in total. The van der Waals surface area contributed by atoms with Crippen LogP contribution in [0.1, 0.15) is 25.3 Å². The Labute approximate surface area is 144 Å². The van der Waals surface area contributed by atoms with Gasteiger partial charge in [0.15, 0.2) is 5.96 Å². The van der Waals surface area contributed by atoms with Gasteiger partial charge in [-0.3, -0.25) is 0 Å². The zero-order valence-electron chi connectivity index (χ0n) is 15.1. The van der Waals surface area contributed by atoms with Gasteiger partial charge in [-0.05, 0) is 37.5 Å². The third-order valence-electron chi connectivity index (χ3n) is 4.94. The Bertz CT molecular complexity index is 581. The lowest BCUT2D eigenvalue weighted by Crippen LogP contribution is -2.41. The maximum atomic E-state index is 5.64. The highest BCUT2D eigenvalue weighted by atomic mass is 16.5. The van der Waals surface area contributed by atoms with Crippen LogP contribution in [-0.4, -0.2) is 62.8 Å². The first-order valence-corrected chi connectivity index (χ1v) is 8.85. The van der Waals surface area contributed by atoms with E-state index in [-0.39, 0.29) is 0 Å². The van der Waals surface area contributed by atoms with Gasteiger partial charge in [-0.15, -0.1) is 0 Å². The molecular formula is C18H29N5O. The molecule has 0 bridgehead atoms. The summed E-state index contributed by atoms with van der Waals surface area (Å²) in [5, 5.41) is 3.45. The summed E-state index contributed by atoms with van der Waals surface area (Å²) in [4.78, 5) is 13.6. The van der Waals surface area contributed by atoms with Crippen molar-refractivity contribution in [3.05, 3.63) is 23.9 Å². The van der Waals surface area contributed by atoms with Gasteiger partial charge < -0.3 is 19.9 Å². The van der Waals surface area contributed by atoms with Crippen LogP contribution < -0.4 is 10.2 Å². The number of nitrogens with zero attached hydrogens (tertiary/aromatic N) is 4. The van der Waals surface area contributed by atoms with Crippen LogP contribution in [0.2, 0.25) is 0 Å². The Morgan fingerprint density at radius 3 is 3.04 bits per heavy atom. The average Bonchev–Trinajstić information content (AvgIpc) is 3.22. The number of hydrogen-bond acceptors (Lipinski definition) is 4. The third kappa shape index (κ3) is 3.80. The molecule has 0 radical (unpaired) electrons. The van der Waals surface area contributed by atoms with Gasteiger partial charge in [-0.1, -0.05) is 0 Å². The van der Waals surface area contributed by atoms with Gasteiger partial charge in [-0.25, -0.2) is 9.98 Å². The van der Waals surface area contributed by atoms with Crippen LogP contribution >= 0.6 is 0 Å². The number of ether oxygens (including phenoxy) is 1. The summed E-state index contributed by atoms with van der Waals surface area (Å²) in [6.07, 6.45) is 4.24. The summed E-state index contributed by atoms with van der Waals surface area (Å²) in [5.74, 6) is 1.99. The van der Waals surface area contributed by atoms with E-state index < -0.39 is 0 Å². The van der Waals surface area contributed by atoms with E-state index in [2.05, 4.69) is 28.2 Å². The highest BCUT2D eigenvalue weighted by Gasteiger charge is 2.42. The number of likely N-dealkylation sites (tertiary alicyclic amines) is 1. The lowest BCUT2D eigenvalue weighted by molar-refractivity contribution is 0.156. The minimum Gasteiger partial charge on any atom is -0.381 e. The molecule has 0 aromatic carbocycles. The standard InChI is InChI=1S/C18H29N5O/c1-4-19-17(23-9-6-18(13-23)7-10-24-14-18)21-12-15-5-8-20-16(11-15)22(2)3/h5,8,11H,4,6-7,9-10,12-14H2,1-3H3,(H,19,21). The van der Waals surface area contributed by atoms with Crippen molar-refractivity contribution in [2.45, 2.75) is 26.3 Å². The average molecular weight is 331 g/mol. The highest BCUT2D eigenvalue weighted by molar-refractivity contribution is 5.80. The Morgan fingerprint density at radius 2 is 2.33 bits per heavy atom. The largest absolute Gasteiger partial charge is 0.381 e. The smallest absolute Gasteiger partial charge is 0.194 e. The molecule has 0 saturated carbocycles. The lowest BCUT2D eigenvalue weighted by atomic mass is 9.87. The van der Waals surface area contributed by atoms with Crippen LogP contribution in [0.3, 0.4) is 0 Å². The van der Waals surface area contributed by atoms with Crippen LogP contribution in [-0.2, 0) is 11.3 Å². The molecule has 2 fully saturated rings. The van der Waals surface area contributed by atoms with Crippen molar-refractivity contribution in [2.24, 2.45) is 10.4 Å². The van der Waals surface area contributed by atoms with Crippen LogP contribution in [0, 0.1) is 5.41 Å². The lowest BCUT2D eigenvalue weighted by Gasteiger charge is -2.25. The van der Waals surface area contributed by atoms with E-state index in [9.17, 15) is 0 Å². The monoisotopic (exact) mass is 331 g/mol. The van der Waals surface area contributed by atoms with Crippen molar-refractivity contribution in [1.29, 1.82) is 0 Å². The highest BCUT2D eigenvalue weighted by Crippen LogP contribution is 2.38. The fourth-order valence-electron chi connectivity index (χ4n) is 3.48. The summed E-state index contributed by atoms with van der Waals surface area (Å²) in [5.41, 5.74) is 1.53. The molecule has 2 aliphatic rings. The number of guanidine groups is 1. The molecule has 1 unspecified atom stereocenters. The molecule has 1 spiro atoms. The van der Waals surface area contributed by atoms with Crippen molar-refractivity contribution in [2.75, 3.05) is 51.8 Å². The molecule has 1 N–H and O–H groups in total. The van der Waals surface area contributed by atoms with E-state index in [4.69, 9.17) is 9.73 Å². The van der Waals surface area contributed by atoms with E-state index in [1.54, 1.807) is 0 Å². The normalized spacial score (nSPS) is 24.0. The second-order valence-electron chi connectivity index (χ2n) is 7.06. The first-order valence-electron chi connectivity index (χ1n) is 8.85. The molecule has 1 atom stereocenters. The van der Waals surface area contributed by atoms with Gasteiger partial charge in [0.25, 0.3) is 0 Å². The molecule has 6 heteroatoms. The third-order valence-corrected chi connectivity index (χ3v) is 4.94. The van der Waals surface area contributed by atoms with Crippen molar-refractivity contribution in [3.8, 4) is 0 Å². The first kappa shape index (κ1) is 17.0. The summed E-state index contributed by atoms with van der Waals surface area (Å²) in [6.45, 7) is 7.61. The fraction of sp³-hybridized carbons (Fsp3) is 0.667. The van der Waals surface area contributed by atoms with E-state index in [0.717, 1.165) is 44.6 Å². The number of nitrogens with one attached hydrogen (secondary N) is 1. The molecule has 132 valence electrons. The maximum Gasteiger partial charge on any atom is 0.194 e. The Balaban J connectivity index is 1.69. The summed E-state index contributed by atoms with van der Waals surface area (Å²) < 4.78 is 5.64. The number of aromatic nitrogens is 1. The van der Waals surface area contributed by atoms with E-state index in [1.165, 1.54) is 18.4 Å². The molecule has 1 aromatic rings. The molecule has 2 aliphatic heterocycles. The molecule has 24 heavy (non-hydrogen) atoms. The van der Waals surface area contributed by atoms with Crippen LogP contribution in [0.5, 0.6) is 0 Å². The first-order chi connectivity index (χ1) is 11.6. The fourth-order valence-corrected chi connectivity index (χ4v) is 3.48. The molecular weight excluding hydrogens is 302 g/mol. The van der Waals surface area contributed by atoms with E-state index in [0.29, 0.717) is 12.0 Å². The van der Waals surface area contributed by atoms with E-state index in [1.807, 2.05) is 31.3 Å². The molecule has 0 amide bonds. The summed E-state index contributed by atoms with van der Waals surface area (Å²) in [7, 11) is 4.01. The molecule has 3 heterocycles. The number of hydrogen-bond donors (Lipinski definition) is 1. The van der Waals surface area contributed by atoms with Gasteiger partial charge in [0.1, 0.15) is 5.82 Å². The van der Waals surface area contributed by atoms with E-state index >= 15 is 0 Å². The number of anilines is 1. The Morgan fingerprint density at radius 1 is 1.46 bits per heavy atom. The second-order valence-corrected chi connectivity index (χ2v) is 7.06. The zero-order valence-corrected chi connectivity index (χ0v) is 15.1. The molecule has 2 saturated heterocycles. The molecule has 1 aromatic heterocycles. The van der Waals surface area contributed by atoms with Crippen molar-refractivity contribution in [3.63, 3.8) is 0 Å². The topological polar surface area (TPSA) is 53.0 Å². The minimum atomic E-state index is 0.352. The predicted molar refractivity (Wildman–Crippen MR) is 97.4 cm³/mol. The van der Waals surface area contributed by atoms with Gasteiger partial charge in [0.2, 0.25) is 0 Å². The second kappa shape index (κ2) is 7.38. The summed E-state index contributed by atoms with van der Waals surface area (Å²) in [6, 6.07) is 4.14. The van der Waals surface area contributed by atoms with Crippen LogP contribution in [0.15, 0.2) is 23.3 Å². The maximum absolute atomic E-state index is 5.64. The van der Waals surface area contributed by atoms with Gasteiger partial charge >= 0.3 is 0 Å². The van der Waals surface area contributed by atoms with Gasteiger partial charge in [0, 0.05) is 51.9 Å². The minimum absolute atomic E-state index is 0.352. The van der Waals surface area contributed by atoms with Crippen molar-refractivity contribution in [1.82, 2.24) is 15.2 Å². The number of rotatable bonds is 4. The molecule has 3 rings (SSSR count). The molecule has 0 aliphatic carbocycles.